The first kappa shape index (κ1) is 8.10. The van der Waals surface area contributed by atoms with Gasteiger partial charge in [-0.05, 0) is 18.6 Å². The number of aromatic amines is 1. The molecule has 0 saturated heterocycles. The van der Waals surface area contributed by atoms with Gasteiger partial charge in [-0.25, -0.2) is 0 Å². The first-order chi connectivity index (χ1) is 6.42. The lowest BCUT2D eigenvalue weighted by Crippen LogP contribution is -1.95. The number of para-hydroxylation sites is 1. The quantitative estimate of drug-likeness (QED) is 0.779. The van der Waals surface area contributed by atoms with E-state index in [1.165, 1.54) is 0 Å². The summed E-state index contributed by atoms with van der Waals surface area (Å²) < 4.78 is 5.47. The number of nitrogens with zero attached hydrogens (tertiary/aromatic N) is 1. The number of rotatable bonds is 3. The average molecular weight is 176 g/mol. The van der Waals surface area contributed by atoms with Crippen molar-refractivity contribution in [1.29, 1.82) is 0 Å². The Balaban J connectivity index is 2.35. The summed E-state index contributed by atoms with van der Waals surface area (Å²) in [6.45, 7) is 2.80. The Kier molecular flexibility index (Phi) is 2.17. The molecule has 2 rings (SSSR count). The molecule has 0 fully saturated rings. The molecule has 13 heavy (non-hydrogen) atoms. The standard InChI is InChI=1S/C10H12N2O/c1-2-7-13-10-8-5-3-4-6-9(8)11-12-10/h3-6H,2,7H2,1H3,(H,11,12). The molecule has 0 bridgehead atoms. The first-order valence-electron chi connectivity index (χ1n) is 4.47. The van der Waals surface area contributed by atoms with E-state index < -0.39 is 0 Å². The maximum atomic E-state index is 5.47. The van der Waals surface area contributed by atoms with Gasteiger partial charge in [0.05, 0.1) is 17.5 Å². The van der Waals surface area contributed by atoms with E-state index in [-0.39, 0.29) is 0 Å². The second-order valence-corrected chi connectivity index (χ2v) is 2.92. The second kappa shape index (κ2) is 3.47. The van der Waals surface area contributed by atoms with Gasteiger partial charge in [0.25, 0.3) is 0 Å². The highest BCUT2D eigenvalue weighted by atomic mass is 16.5. The number of ether oxygens (including phenoxy) is 1. The highest BCUT2D eigenvalue weighted by molar-refractivity contribution is 5.83. The predicted octanol–water partition coefficient (Wildman–Crippen LogP) is 2.35. The van der Waals surface area contributed by atoms with Crippen LogP contribution in [0.5, 0.6) is 5.88 Å². The average Bonchev–Trinajstić information content (AvgIpc) is 2.58. The highest BCUT2D eigenvalue weighted by Crippen LogP contribution is 2.21. The van der Waals surface area contributed by atoms with Crippen LogP contribution in [0.15, 0.2) is 24.3 Å². The minimum absolute atomic E-state index is 0.706. The van der Waals surface area contributed by atoms with E-state index in [4.69, 9.17) is 4.74 Å². The van der Waals surface area contributed by atoms with Gasteiger partial charge in [0.1, 0.15) is 0 Å². The minimum atomic E-state index is 0.706. The molecule has 1 aromatic heterocycles. The van der Waals surface area contributed by atoms with Gasteiger partial charge in [0, 0.05) is 0 Å². The Morgan fingerprint density at radius 3 is 3.08 bits per heavy atom. The Hall–Kier alpha value is -1.51. The SMILES string of the molecule is CCCOc1n[nH]c2ccccc12. The van der Waals surface area contributed by atoms with Gasteiger partial charge in [-0.1, -0.05) is 19.1 Å². The van der Waals surface area contributed by atoms with Gasteiger partial charge >= 0.3 is 0 Å². The van der Waals surface area contributed by atoms with Crippen molar-refractivity contribution in [3.8, 4) is 5.88 Å². The lowest BCUT2D eigenvalue weighted by atomic mass is 10.2. The summed E-state index contributed by atoms with van der Waals surface area (Å²) in [5.41, 5.74) is 1.02. The van der Waals surface area contributed by atoms with Crippen LogP contribution in [-0.2, 0) is 0 Å². The van der Waals surface area contributed by atoms with Crippen LogP contribution in [0.3, 0.4) is 0 Å². The van der Waals surface area contributed by atoms with Crippen molar-refractivity contribution in [3.05, 3.63) is 24.3 Å². The zero-order valence-electron chi connectivity index (χ0n) is 7.58. The Morgan fingerprint density at radius 1 is 1.38 bits per heavy atom. The molecular weight excluding hydrogens is 164 g/mol. The Bertz CT molecular complexity index is 394. The smallest absolute Gasteiger partial charge is 0.240 e. The molecule has 0 atom stereocenters. The van der Waals surface area contributed by atoms with Gasteiger partial charge in [0.15, 0.2) is 0 Å². The van der Waals surface area contributed by atoms with Gasteiger partial charge in [0.2, 0.25) is 5.88 Å². The molecule has 0 spiro atoms. The van der Waals surface area contributed by atoms with Gasteiger partial charge < -0.3 is 4.74 Å². The van der Waals surface area contributed by atoms with E-state index in [1.54, 1.807) is 0 Å². The van der Waals surface area contributed by atoms with Gasteiger partial charge in [-0.2, -0.15) is 0 Å². The van der Waals surface area contributed by atoms with Crippen LogP contribution in [0.4, 0.5) is 0 Å². The van der Waals surface area contributed by atoms with Crippen LogP contribution in [0, 0.1) is 0 Å². The number of hydrogen-bond acceptors (Lipinski definition) is 2. The Labute approximate surface area is 76.7 Å². The fraction of sp³-hybridized carbons (Fsp3) is 0.300. The van der Waals surface area contributed by atoms with Crippen LogP contribution in [0.2, 0.25) is 0 Å². The van der Waals surface area contributed by atoms with Crippen molar-refractivity contribution in [2.75, 3.05) is 6.61 Å². The molecule has 0 amide bonds. The third-order valence-corrected chi connectivity index (χ3v) is 1.88. The molecule has 0 aliphatic heterocycles. The summed E-state index contributed by atoms with van der Waals surface area (Å²) in [6.07, 6.45) is 1.00. The molecule has 0 saturated carbocycles. The number of H-pyrrole nitrogens is 1. The molecule has 1 N–H and O–H groups in total. The van der Waals surface area contributed by atoms with Gasteiger partial charge in [-0.15, -0.1) is 5.10 Å². The number of benzene rings is 1. The Morgan fingerprint density at radius 2 is 2.23 bits per heavy atom. The summed E-state index contributed by atoms with van der Waals surface area (Å²) in [4.78, 5) is 0. The molecule has 1 aromatic carbocycles. The third-order valence-electron chi connectivity index (χ3n) is 1.88. The molecule has 3 heteroatoms. The van der Waals surface area contributed by atoms with Crippen molar-refractivity contribution in [3.63, 3.8) is 0 Å². The molecule has 0 aliphatic rings. The van der Waals surface area contributed by atoms with Crippen LogP contribution >= 0.6 is 0 Å². The topological polar surface area (TPSA) is 37.9 Å². The summed E-state index contributed by atoms with van der Waals surface area (Å²) in [5, 5.41) is 8.06. The monoisotopic (exact) mass is 176 g/mol. The molecule has 1 heterocycles. The zero-order chi connectivity index (χ0) is 9.10. The number of aromatic nitrogens is 2. The maximum absolute atomic E-state index is 5.47. The molecule has 0 aliphatic carbocycles. The van der Waals surface area contributed by atoms with E-state index >= 15 is 0 Å². The van der Waals surface area contributed by atoms with Crippen molar-refractivity contribution >= 4 is 10.9 Å². The predicted molar refractivity (Wildman–Crippen MR) is 51.9 cm³/mol. The van der Waals surface area contributed by atoms with E-state index in [2.05, 4.69) is 17.1 Å². The fourth-order valence-corrected chi connectivity index (χ4v) is 1.25. The molecule has 68 valence electrons. The van der Waals surface area contributed by atoms with Crippen LogP contribution < -0.4 is 4.74 Å². The van der Waals surface area contributed by atoms with E-state index in [9.17, 15) is 0 Å². The van der Waals surface area contributed by atoms with E-state index in [0.29, 0.717) is 5.88 Å². The number of hydrogen-bond donors (Lipinski definition) is 1. The lowest BCUT2D eigenvalue weighted by Gasteiger charge is -1.98. The lowest BCUT2D eigenvalue weighted by molar-refractivity contribution is 0.308. The molecule has 2 aromatic rings. The van der Waals surface area contributed by atoms with Crippen LogP contribution in [0.25, 0.3) is 10.9 Å². The van der Waals surface area contributed by atoms with Crippen molar-refractivity contribution < 1.29 is 4.74 Å². The number of fused-ring (bicyclic) bond motifs is 1. The first-order valence-corrected chi connectivity index (χ1v) is 4.47. The van der Waals surface area contributed by atoms with Crippen molar-refractivity contribution in [2.24, 2.45) is 0 Å². The highest BCUT2D eigenvalue weighted by Gasteiger charge is 2.03. The number of nitrogens with one attached hydrogen (secondary N) is 1. The summed E-state index contributed by atoms with van der Waals surface area (Å²) >= 11 is 0. The fourth-order valence-electron chi connectivity index (χ4n) is 1.25. The largest absolute Gasteiger partial charge is 0.476 e. The van der Waals surface area contributed by atoms with Crippen LogP contribution in [0.1, 0.15) is 13.3 Å². The summed E-state index contributed by atoms with van der Waals surface area (Å²) in [5.74, 6) is 0.706. The van der Waals surface area contributed by atoms with Crippen molar-refractivity contribution in [2.45, 2.75) is 13.3 Å². The maximum Gasteiger partial charge on any atom is 0.240 e. The molecule has 3 nitrogen and oxygen atoms in total. The third kappa shape index (κ3) is 1.49. The van der Waals surface area contributed by atoms with Gasteiger partial charge in [-0.3, -0.25) is 5.10 Å². The molecule has 0 radical (unpaired) electrons. The van der Waals surface area contributed by atoms with Crippen molar-refractivity contribution in [1.82, 2.24) is 10.2 Å². The van der Waals surface area contributed by atoms with E-state index in [0.717, 1.165) is 23.9 Å². The second-order valence-electron chi connectivity index (χ2n) is 2.92. The molecule has 0 unspecified atom stereocenters. The summed E-state index contributed by atoms with van der Waals surface area (Å²) in [7, 11) is 0. The van der Waals surface area contributed by atoms with E-state index in [1.807, 2.05) is 24.3 Å². The minimum Gasteiger partial charge on any atom is -0.476 e. The normalized spacial score (nSPS) is 10.5. The summed E-state index contributed by atoms with van der Waals surface area (Å²) in [6, 6.07) is 7.95. The zero-order valence-corrected chi connectivity index (χ0v) is 7.58. The molecular formula is C10H12N2O. The van der Waals surface area contributed by atoms with Crippen LogP contribution in [-0.4, -0.2) is 16.8 Å².